The van der Waals surface area contributed by atoms with Crippen molar-refractivity contribution < 1.29 is 14.3 Å². The van der Waals surface area contributed by atoms with Crippen LogP contribution >= 0.6 is 0 Å². The third-order valence-corrected chi connectivity index (χ3v) is 5.94. The van der Waals surface area contributed by atoms with E-state index in [1.807, 2.05) is 15.9 Å². The molecular weight excluding hydrogens is 358 g/mol. The third kappa shape index (κ3) is 4.27. The molecule has 0 radical (unpaired) electrons. The maximum absolute atomic E-state index is 12.5. The highest BCUT2D eigenvalue weighted by molar-refractivity contribution is 5.91. The Bertz CT molecular complexity index is 733. The van der Waals surface area contributed by atoms with Crippen LogP contribution < -0.4 is 11.1 Å². The van der Waals surface area contributed by atoms with Crippen molar-refractivity contribution in [3.63, 3.8) is 0 Å². The third-order valence-electron chi connectivity index (χ3n) is 5.94. The molecule has 3 fully saturated rings. The number of anilines is 1. The number of aromatic nitrogens is 1. The van der Waals surface area contributed by atoms with Crippen LogP contribution in [0.25, 0.3) is 6.08 Å². The Hall–Kier alpha value is -2.61. The number of piperidine rings is 1. The lowest BCUT2D eigenvalue weighted by Crippen LogP contribution is -2.48. The minimum Gasteiger partial charge on any atom is -0.384 e. The highest BCUT2D eigenvalue weighted by Crippen LogP contribution is 2.53. The first kappa shape index (κ1) is 18.7. The highest BCUT2D eigenvalue weighted by atomic mass is 16.5. The number of morpholine rings is 1. The lowest BCUT2D eigenvalue weighted by molar-refractivity contribution is -0.116. The smallest absolute Gasteiger partial charge is 0.320 e. The van der Waals surface area contributed by atoms with Crippen molar-refractivity contribution in [3.8, 4) is 0 Å². The van der Waals surface area contributed by atoms with E-state index in [1.165, 1.54) is 6.08 Å². The lowest BCUT2D eigenvalue weighted by Gasteiger charge is -2.32. The second kappa shape index (κ2) is 8.18. The van der Waals surface area contributed by atoms with Crippen LogP contribution in [0.5, 0.6) is 0 Å². The number of hydrogen-bond donors (Lipinski definition) is 2. The van der Waals surface area contributed by atoms with Gasteiger partial charge in [-0.05, 0) is 47.9 Å². The molecule has 3 aliphatic rings. The Kier molecular flexibility index (Phi) is 5.47. The molecular formula is C20H27N5O3. The van der Waals surface area contributed by atoms with Crippen LogP contribution in [0.2, 0.25) is 0 Å². The van der Waals surface area contributed by atoms with Gasteiger partial charge in [-0.2, -0.15) is 0 Å². The Morgan fingerprint density at radius 1 is 1.21 bits per heavy atom. The number of likely N-dealkylation sites (tertiary alicyclic amines) is 1. The predicted octanol–water partition coefficient (Wildman–Crippen LogP) is 0.813. The second-order valence-electron chi connectivity index (χ2n) is 7.71. The first-order valence-electron chi connectivity index (χ1n) is 9.91. The maximum Gasteiger partial charge on any atom is 0.320 e. The zero-order valence-corrected chi connectivity index (χ0v) is 15.9. The first-order chi connectivity index (χ1) is 13.6. The van der Waals surface area contributed by atoms with Gasteiger partial charge >= 0.3 is 6.03 Å². The average molecular weight is 385 g/mol. The number of nitrogens with zero attached hydrogens (tertiary/aromatic N) is 3. The van der Waals surface area contributed by atoms with Gasteiger partial charge in [-0.25, -0.2) is 9.78 Å². The molecule has 3 atom stereocenters. The Morgan fingerprint density at radius 2 is 1.96 bits per heavy atom. The van der Waals surface area contributed by atoms with Crippen LogP contribution in [0.3, 0.4) is 0 Å². The normalized spacial score (nSPS) is 26.4. The monoisotopic (exact) mass is 385 g/mol. The van der Waals surface area contributed by atoms with Crippen molar-refractivity contribution in [1.29, 1.82) is 0 Å². The number of carbonyl (C=O) groups is 2. The van der Waals surface area contributed by atoms with Crippen molar-refractivity contribution in [2.24, 2.45) is 17.8 Å². The molecule has 0 bridgehead atoms. The molecule has 2 saturated heterocycles. The number of carbonyl (C=O) groups excluding carboxylic acids is 2. The number of amides is 3. The summed E-state index contributed by atoms with van der Waals surface area (Å²) in [5.41, 5.74) is 6.38. The van der Waals surface area contributed by atoms with Gasteiger partial charge in [0.05, 0.1) is 13.2 Å². The number of fused-ring (bicyclic) bond motifs is 1. The molecule has 2 aliphatic heterocycles. The molecule has 8 nitrogen and oxygen atoms in total. The Morgan fingerprint density at radius 3 is 2.64 bits per heavy atom. The minimum absolute atomic E-state index is 0.105. The standard InChI is InChI=1S/C20H27N5O3/c21-18-3-1-14(11-23-18)2-4-19(26)22-6-5-15-16-12-25(13-17(15)16)20(27)24-7-9-28-10-8-24/h1-4,11,15-17H,5-10,12-13H2,(H2,21,23)(H,22,26)/b4-2+/t15-,16-,17+. The van der Waals surface area contributed by atoms with Gasteiger partial charge in [0, 0.05) is 45.0 Å². The molecule has 1 aromatic heterocycles. The zero-order valence-electron chi connectivity index (χ0n) is 15.9. The summed E-state index contributed by atoms with van der Waals surface area (Å²) in [6.45, 7) is 5.03. The van der Waals surface area contributed by atoms with Crippen molar-refractivity contribution in [2.75, 3.05) is 51.7 Å². The number of rotatable bonds is 5. The summed E-state index contributed by atoms with van der Waals surface area (Å²) in [4.78, 5) is 32.3. The van der Waals surface area contributed by atoms with Gasteiger partial charge < -0.3 is 25.6 Å². The van der Waals surface area contributed by atoms with Crippen LogP contribution in [0.4, 0.5) is 10.6 Å². The van der Waals surface area contributed by atoms with E-state index >= 15 is 0 Å². The zero-order chi connectivity index (χ0) is 19.5. The van der Waals surface area contributed by atoms with Gasteiger partial charge in [0.25, 0.3) is 0 Å². The van der Waals surface area contributed by atoms with Crippen molar-refractivity contribution >= 4 is 23.8 Å². The van der Waals surface area contributed by atoms with Gasteiger partial charge in [-0.1, -0.05) is 0 Å². The van der Waals surface area contributed by atoms with E-state index in [0.29, 0.717) is 56.4 Å². The van der Waals surface area contributed by atoms with E-state index in [2.05, 4.69) is 10.3 Å². The molecule has 0 aromatic carbocycles. The summed E-state index contributed by atoms with van der Waals surface area (Å²) in [6, 6.07) is 3.68. The molecule has 3 heterocycles. The largest absolute Gasteiger partial charge is 0.384 e. The van der Waals surface area contributed by atoms with E-state index in [9.17, 15) is 9.59 Å². The van der Waals surface area contributed by atoms with Gasteiger partial charge in [-0.15, -0.1) is 0 Å². The Labute approximate surface area is 164 Å². The number of nitrogen functional groups attached to an aromatic ring is 1. The Balaban J connectivity index is 1.14. The van der Waals surface area contributed by atoms with Crippen LogP contribution in [-0.4, -0.2) is 72.7 Å². The van der Waals surface area contributed by atoms with E-state index in [0.717, 1.165) is 25.1 Å². The summed E-state index contributed by atoms with van der Waals surface area (Å²) in [5.74, 6) is 2.17. The number of nitrogens with one attached hydrogen (secondary N) is 1. The molecule has 3 amide bonds. The van der Waals surface area contributed by atoms with Crippen LogP contribution in [0, 0.1) is 17.8 Å². The fraction of sp³-hybridized carbons (Fsp3) is 0.550. The molecule has 0 spiro atoms. The topological polar surface area (TPSA) is 101 Å². The predicted molar refractivity (Wildman–Crippen MR) is 105 cm³/mol. The molecule has 8 heteroatoms. The lowest BCUT2D eigenvalue weighted by atomic mass is 10.2. The summed E-state index contributed by atoms with van der Waals surface area (Å²) >= 11 is 0. The quantitative estimate of drug-likeness (QED) is 0.731. The number of hydrogen-bond acceptors (Lipinski definition) is 5. The molecule has 1 saturated carbocycles. The average Bonchev–Trinajstić information content (AvgIpc) is 3.16. The molecule has 1 aromatic rings. The molecule has 3 N–H and O–H groups in total. The number of urea groups is 1. The molecule has 28 heavy (non-hydrogen) atoms. The van der Waals surface area contributed by atoms with E-state index < -0.39 is 0 Å². The fourth-order valence-electron chi connectivity index (χ4n) is 4.30. The number of nitrogens with two attached hydrogens (primary N) is 1. The summed E-state index contributed by atoms with van der Waals surface area (Å²) in [5, 5.41) is 2.94. The van der Waals surface area contributed by atoms with Gasteiger partial charge in [0.2, 0.25) is 5.91 Å². The first-order valence-corrected chi connectivity index (χ1v) is 9.91. The number of pyridine rings is 1. The van der Waals surface area contributed by atoms with Crippen molar-refractivity contribution in [3.05, 3.63) is 30.0 Å². The molecule has 4 rings (SSSR count). The van der Waals surface area contributed by atoms with Crippen LogP contribution in [-0.2, 0) is 9.53 Å². The van der Waals surface area contributed by atoms with Crippen LogP contribution in [0.15, 0.2) is 24.4 Å². The van der Waals surface area contributed by atoms with Crippen molar-refractivity contribution in [2.45, 2.75) is 6.42 Å². The highest BCUT2D eigenvalue weighted by Gasteiger charge is 2.56. The summed E-state index contributed by atoms with van der Waals surface area (Å²) in [6.07, 6.45) is 5.85. The minimum atomic E-state index is -0.105. The summed E-state index contributed by atoms with van der Waals surface area (Å²) in [7, 11) is 0. The fourth-order valence-corrected chi connectivity index (χ4v) is 4.30. The van der Waals surface area contributed by atoms with Gasteiger partial charge in [0.1, 0.15) is 5.82 Å². The van der Waals surface area contributed by atoms with Gasteiger partial charge in [-0.3, -0.25) is 4.79 Å². The van der Waals surface area contributed by atoms with Crippen molar-refractivity contribution in [1.82, 2.24) is 20.1 Å². The van der Waals surface area contributed by atoms with E-state index in [4.69, 9.17) is 10.5 Å². The molecule has 0 unspecified atom stereocenters. The summed E-state index contributed by atoms with van der Waals surface area (Å²) < 4.78 is 5.31. The van der Waals surface area contributed by atoms with E-state index in [-0.39, 0.29) is 11.9 Å². The van der Waals surface area contributed by atoms with E-state index in [1.54, 1.807) is 18.3 Å². The maximum atomic E-state index is 12.5. The van der Waals surface area contributed by atoms with Gasteiger partial charge in [0.15, 0.2) is 0 Å². The molecule has 1 aliphatic carbocycles. The number of ether oxygens (including phenoxy) is 1. The molecule has 150 valence electrons. The SMILES string of the molecule is Nc1ccc(/C=C/C(=O)NCC[C@@H]2[C@H]3CN(C(=O)N4CCOCC4)C[C@@H]23)cn1. The second-order valence-corrected chi connectivity index (χ2v) is 7.71. The van der Waals surface area contributed by atoms with Crippen LogP contribution in [0.1, 0.15) is 12.0 Å².